The van der Waals surface area contributed by atoms with Crippen LogP contribution in [0.3, 0.4) is 0 Å². The van der Waals surface area contributed by atoms with Crippen molar-refractivity contribution >= 4 is 15.9 Å². The molecule has 4 nitrogen and oxygen atoms in total. The van der Waals surface area contributed by atoms with Crippen LogP contribution in [-0.4, -0.2) is 9.97 Å². The molecular formula is C15H18BrN3O. The van der Waals surface area contributed by atoms with E-state index in [1.807, 2.05) is 39.0 Å². The Morgan fingerprint density at radius 1 is 1.35 bits per heavy atom. The van der Waals surface area contributed by atoms with E-state index in [1.54, 1.807) is 6.20 Å². The minimum atomic E-state index is 0.268. The van der Waals surface area contributed by atoms with Crippen molar-refractivity contribution in [3.63, 3.8) is 0 Å². The van der Waals surface area contributed by atoms with Crippen molar-refractivity contribution in [2.24, 2.45) is 5.73 Å². The van der Waals surface area contributed by atoms with Crippen molar-refractivity contribution in [2.75, 3.05) is 0 Å². The quantitative estimate of drug-likeness (QED) is 0.919. The molecule has 0 unspecified atom stereocenters. The molecule has 1 heterocycles. The van der Waals surface area contributed by atoms with E-state index in [2.05, 4.69) is 25.9 Å². The maximum absolute atomic E-state index is 5.85. The molecule has 0 amide bonds. The van der Waals surface area contributed by atoms with Gasteiger partial charge in [-0.05, 0) is 30.7 Å². The number of benzene rings is 1. The highest BCUT2D eigenvalue weighted by molar-refractivity contribution is 9.10. The molecule has 1 aromatic heterocycles. The van der Waals surface area contributed by atoms with E-state index in [-0.39, 0.29) is 5.92 Å². The smallest absolute Gasteiger partial charge is 0.168 e. The number of hydrogen-bond donors (Lipinski definition) is 1. The Morgan fingerprint density at radius 2 is 2.10 bits per heavy atom. The van der Waals surface area contributed by atoms with Crippen LogP contribution < -0.4 is 10.5 Å². The van der Waals surface area contributed by atoms with Gasteiger partial charge in [0, 0.05) is 16.9 Å². The predicted molar refractivity (Wildman–Crippen MR) is 83.0 cm³/mol. The Hall–Kier alpha value is -1.46. The highest BCUT2D eigenvalue weighted by atomic mass is 79.9. The fourth-order valence-electron chi connectivity index (χ4n) is 1.74. The zero-order valence-electron chi connectivity index (χ0n) is 11.9. The summed E-state index contributed by atoms with van der Waals surface area (Å²) in [5, 5.41) is 0. The van der Waals surface area contributed by atoms with Gasteiger partial charge in [-0.1, -0.05) is 29.8 Å². The van der Waals surface area contributed by atoms with Crippen LogP contribution in [0.1, 0.15) is 36.8 Å². The second-order valence-electron chi connectivity index (χ2n) is 4.91. The fourth-order valence-corrected chi connectivity index (χ4v) is 1.99. The van der Waals surface area contributed by atoms with Crippen molar-refractivity contribution in [2.45, 2.75) is 33.2 Å². The van der Waals surface area contributed by atoms with Crippen LogP contribution >= 0.6 is 15.9 Å². The highest BCUT2D eigenvalue weighted by Crippen LogP contribution is 2.27. The summed E-state index contributed by atoms with van der Waals surface area (Å²) < 4.78 is 6.90. The summed E-state index contributed by atoms with van der Waals surface area (Å²) in [6.45, 7) is 6.44. The molecule has 20 heavy (non-hydrogen) atoms. The molecule has 2 aromatic rings. The van der Waals surface area contributed by atoms with Gasteiger partial charge < -0.3 is 10.5 Å². The SMILES string of the molecule is Cc1cc(Oc2cnc(C(C)C)nc2CN)ccc1Br. The molecule has 0 fully saturated rings. The van der Waals surface area contributed by atoms with Gasteiger partial charge in [0.2, 0.25) is 0 Å². The Kier molecular flexibility index (Phi) is 4.73. The molecule has 0 bridgehead atoms. The summed E-state index contributed by atoms with van der Waals surface area (Å²) in [7, 11) is 0. The van der Waals surface area contributed by atoms with Crippen LogP contribution in [-0.2, 0) is 6.54 Å². The first-order valence-corrected chi connectivity index (χ1v) is 7.30. The van der Waals surface area contributed by atoms with Crippen molar-refractivity contribution in [1.82, 2.24) is 9.97 Å². The van der Waals surface area contributed by atoms with Crippen LogP contribution in [0.25, 0.3) is 0 Å². The monoisotopic (exact) mass is 335 g/mol. The molecule has 0 atom stereocenters. The number of halogens is 1. The topological polar surface area (TPSA) is 61.0 Å². The van der Waals surface area contributed by atoms with Crippen LogP contribution in [0.2, 0.25) is 0 Å². The van der Waals surface area contributed by atoms with E-state index in [0.717, 1.165) is 27.3 Å². The standard InChI is InChI=1S/C15H18BrN3O/c1-9(2)15-18-8-14(13(7-17)19-15)20-11-4-5-12(16)10(3)6-11/h4-6,8-9H,7,17H2,1-3H3. The first kappa shape index (κ1) is 14.9. The molecule has 0 radical (unpaired) electrons. The Labute approximate surface area is 127 Å². The molecule has 106 valence electrons. The van der Waals surface area contributed by atoms with E-state index in [1.165, 1.54) is 0 Å². The van der Waals surface area contributed by atoms with Crippen molar-refractivity contribution in [1.29, 1.82) is 0 Å². The molecule has 0 saturated carbocycles. The van der Waals surface area contributed by atoms with E-state index in [4.69, 9.17) is 10.5 Å². The van der Waals surface area contributed by atoms with Gasteiger partial charge >= 0.3 is 0 Å². The van der Waals surface area contributed by atoms with Crippen molar-refractivity contribution in [3.05, 3.63) is 46.0 Å². The summed E-state index contributed by atoms with van der Waals surface area (Å²) >= 11 is 3.47. The summed E-state index contributed by atoms with van der Waals surface area (Å²) in [5.41, 5.74) is 7.58. The molecule has 0 aliphatic heterocycles. The predicted octanol–water partition coefficient (Wildman–Crippen LogP) is 3.92. The lowest BCUT2D eigenvalue weighted by Gasteiger charge is -2.12. The summed E-state index contributed by atoms with van der Waals surface area (Å²) in [6, 6.07) is 5.81. The number of hydrogen-bond acceptors (Lipinski definition) is 4. The van der Waals surface area contributed by atoms with Gasteiger partial charge in [0.1, 0.15) is 17.3 Å². The van der Waals surface area contributed by atoms with E-state index >= 15 is 0 Å². The molecule has 2 N–H and O–H groups in total. The number of rotatable bonds is 4. The first-order valence-electron chi connectivity index (χ1n) is 6.51. The van der Waals surface area contributed by atoms with E-state index in [9.17, 15) is 0 Å². The normalized spacial score (nSPS) is 10.9. The number of aromatic nitrogens is 2. The fraction of sp³-hybridized carbons (Fsp3) is 0.333. The first-order chi connectivity index (χ1) is 9.51. The molecule has 2 rings (SSSR count). The molecule has 5 heteroatoms. The molecular weight excluding hydrogens is 318 g/mol. The second kappa shape index (κ2) is 6.33. The second-order valence-corrected chi connectivity index (χ2v) is 5.77. The van der Waals surface area contributed by atoms with Crippen molar-refractivity contribution in [3.8, 4) is 11.5 Å². The van der Waals surface area contributed by atoms with Crippen LogP contribution in [0, 0.1) is 6.92 Å². The van der Waals surface area contributed by atoms with E-state index in [0.29, 0.717) is 12.3 Å². The maximum atomic E-state index is 5.85. The van der Waals surface area contributed by atoms with Gasteiger partial charge in [0.15, 0.2) is 5.75 Å². The minimum absolute atomic E-state index is 0.268. The van der Waals surface area contributed by atoms with Gasteiger partial charge in [-0.15, -0.1) is 0 Å². The Balaban J connectivity index is 2.30. The van der Waals surface area contributed by atoms with E-state index < -0.39 is 0 Å². The van der Waals surface area contributed by atoms with Gasteiger partial charge in [-0.2, -0.15) is 0 Å². The van der Waals surface area contributed by atoms with Gasteiger partial charge in [-0.3, -0.25) is 0 Å². The highest BCUT2D eigenvalue weighted by Gasteiger charge is 2.11. The zero-order valence-corrected chi connectivity index (χ0v) is 13.4. The lowest BCUT2D eigenvalue weighted by molar-refractivity contribution is 0.467. The average molecular weight is 336 g/mol. The van der Waals surface area contributed by atoms with Crippen LogP contribution in [0.4, 0.5) is 0 Å². The lowest BCUT2D eigenvalue weighted by atomic mass is 10.2. The number of nitrogens with zero attached hydrogens (tertiary/aromatic N) is 2. The van der Waals surface area contributed by atoms with Gasteiger partial charge in [0.25, 0.3) is 0 Å². The van der Waals surface area contributed by atoms with Gasteiger partial charge in [-0.25, -0.2) is 9.97 Å². The molecule has 0 aliphatic carbocycles. The number of aryl methyl sites for hydroxylation is 1. The average Bonchev–Trinajstić information content (AvgIpc) is 2.43. The lowest BCUT2D eigenvalue weighted by Crippen LogP contribution is -2.07. The summed E-state index contributed by atoms with van der Waals surface area (Å²) in [6.07, 6.45) is 1.70. The number of ether oxygens (including phenoxy) is 1. The third kappa shape index (κ3) is 3.35. The third-order valence-electron chi connectivity index (χ3n) is 2.91. The summed E-state index contributed by atoms with van der Waals surface area (Å²) in [5.74, 6) is 2.41. The molecule has 1 aromatic carbocycles. The third-order valence-corrected chi connectivity index (χ3v) is 3.80. The van der Waals surface area contributed by atoms with Gasteiger partial charge in [0.05, 0.1) is 6.20 Å². The summed E-state index contributed by atoms with van der Waals surface area (Å²) in [4.78, 5) is 8.78. The minimum Gasteiger partial charge on any atom is -0.454 e. The molecule has 0 saturated heterocycles. The van der Waals surface area contributed by atoms with Crippen LogP contribution in [0.5, 0.6) is 11.5 Å². The molecule has 0 spiro atoms. The largest absolute Gasteiger partial charge is 0.454 e. The Morgan fingerprint density at radius 3 is 2.70 bits per heavy atom. The maximum Gasteiger partial charge on any atom is 0.168 e. The molecule has 0 aliphatic rings. The number of nitrogens with two attached hydrogens (primary N) is 1. The Bertz CT molecular complexity index is 614. The zero-order chi connectivity index (χ0) is 14.7. The van der Waals surface area contributed by atoms with Crippen molar-refractivity contribution < 1.29 is 4.74 Å². The van der Waals surface area contributed by atoms with Crippen LogP contribution in [0.15, 0.2) is 28.9 Å².